The molecule has 1 amide bonds. The molecule has 0 aliphatic carbocycles. The van der Waals surface area contributed by atoms with E-state index in [1.807, 2.05) is 4.72 Å². The molecule has 100 valence electrons. The predicted octanol–water partition coefficient (Wildman–Crippen LogP) is 0.928. The zero-order chi connectivity index (χ0) is 12.9. The number of ether oxygens (including phenoxy) is 1. The van der Waals surface area contributed by atoms with Gasteiger partial charge in [0, 0.05) is 19.0 Å². The molecule has 0 radical (unpaired) electrons. The van der Waals surface area contributed by atoms with Crippen molar-refractivity contribution in [2.24, 2.45) is 5.92 Å². The highest BCUT2D eigenvalue weighted by atomic mass is 35.5. The van der Waals surface area contributed by atoms with Gasteiger partial charge in [-0.3, -0.25) is 0 Å². The van der Waals surface area contributed by atoms with Crippen LogP contribution in [0.2, 0.25) is 0 Å². The Morgan fingerprint density at radius 2 is 2.06 bits per heavy atom. The van der Waals surface area contributed by atoms with Gasteiger partial charge in [0.15, 0.2) is 0 Å². The maximum atomic E-state index is 11.7. The fourth-order valence-corrected chi connectivity index (χ4v) is 3.03. The summed E-state index contributed by atoms with van der Waals surface area (Å²) >= 11 is 5.71. The molecule has 0 atom stereocenters. The zero-order valence-corrected chi connectivity index (χ0v) is 11.3. The number of carbonyl (C=O) groups is 1. The summed E-state index contributed by atoms with van der Waals surface area (Å²) < 4.78 is 31.1. The lowest BCUT2D eigenvalue weighted by Gasteiger charge is -2.29. The Kier molecular flexibility index (Phi) is 5.48. The van der Waals surface area contributed by atoms with E-state index in [2.05, 4.69) is 4.74 Å². The Bertz CT molecular complexity index is 352. The van der Waals surface area contributed by atoms with E-state index >= 15 is 0 Å². The summed E-state index contributed by atoms with van der Waals surface area (Å²) in [7, 11) is -3.77. The van der Waals surface area contributed by atoms with E-state index in [4.69, 9.17) is 11.6 Å². The highest BCUT2D eigenvalue weighted by molar-refractivity contribution is 7.87. The molecule has 1 saturated heterocycles. The number of halogens is 1. The quantitative estimate of drug-likeness (QED) is 0.779. The molecule has 1 fully saturated rings. The molecule has 17 heavy (non-hydrogen) atoms. The van der Waals surface area contributed by atoms with E-state index in [0.717, 1.165) is 0 Å². The first kappa shape index (κ1) is 14.5. The maximum Gasteiger partial charge on any atom is 0.421 e. The standard InChI is InChI=1S/C9H17ClN2O4S/c1-2-16-9(13)11-17(14,15)12-5-3-8(7-10)4-6-12/h8H,2-7H2,1H3,(H,11,13). The van der Waals surface area contributed by atoms with E-state index in [9.17, 15) is 13.2 Å². The Balaban J connectivity index is 2.51. The summed E-state index contributed by atoms with van der Waals surface area (Å²) in [6.45, 7) is 2.51. The van der Waals surface area contributed by atoms with E-state index in [0.29, 0.717) is 37.7 Å². The smallest absolute Gasteiger partial charge is 0.421 e. The third-order valence-electron chi connectivity index (χ3n) is 2.62. The summed E-state index contributed by atoms with van der Waals surface area (Å²) in [6.07, 6.45) is 0.493. The van der Waals surface area contributed by atoms with Gasteiger partial charge in [0.1, 0.15) is 0 Å². The second-order valence-electron chi connectivity index (χ2n) is 3.82. The molecule has 1 N–H and O–H groups in total. The molecule has 0 unspecified atom stereocenters. The predicted molar refractivity (Wildman–Crippen MR) is 64.1 cm³/mol. The van der Waals surface area contributed by atoms with Crippen LogP contribution >= 0.6 is 11.6 Å². The Labute approximate surface area is 106 Å². The summed E-state index contributed by atoms with van der Waals surface area (Å²) in [5, 5.41) is 0. The van der Waals surface area contributed by atoms with Gasteiger partial charge in [-0.1, -0.05) is 0 Å². The number of hydrogen-bond donors (Lipinski definition) is 1. The number of alkyl halides is 1. The number of piperidine rings is 1. The van der Waals surface area contributed by atoms with E-state index < -0.39 is 16.3 Å². The minimum atomic E-state index is -3.77. The van der Waals surface area contributed by atoms with Crippen LogP contribution in [-0.4, -0.2) is 44.4 Å². The molecule has 1 aliphatic heterocycles. The van der Waals surface area contributed by atoms with Crippen LogP contribution in [0, 0.1) is 5.92 Å². The second-order valence-corrected chi connectivity index (χ2v) is 5.80. The lowest BCUT2D eigenvalue weighted by molar-refractivity contribution is 0.157. The summed E-state index contributed by atoms with van der Waals surface area (Å²) in [5.74, 6) is 0.893. The van der Waals surface area contributed by atoms with Gasteiger partial charge in [-0.25, -0.2) is 9.52 Å². The first-order chi connectivity index (χ1) is 7.99. The normalized spacial score (nSPS) is 18.9. The summed E-state index contributed by atoms with van der Waals surface area (Å²) in [6, 6.07) is 0. The minimum absolute atomic E-state index is 0.135. The average Bonchev–Trinajstić information content (AvgIpc) is 2.28. The first-order valence-corrected chi connectivity index (χ1v) is 7.47. The SMILES string of the molecule is CCOC(=O)NS(=O)(=O)N1CCC(CCl)CC1. The highest BCUT2D eigenvalue weighted by Gasteiger charge is 2.29. The van der Waals surface area contributed by atoms with Crippen LogP contribution in [0.15, 0.2) is 0 Å². The molecule has 0 aromatic rings. The lowest BCUT2D eigenvalue weighted by atomic mass is 10.0. The van der Waals surface area contributed by atoms with Crippen molar-refractivity contribution in [3.05, 3.63) is 0 Å². The molecular formula is C9H17ClN2O4S. The Morgan fingerprint density at radius 3 is 2.53 bits per heavy atom. The van der Waals surface area contributed by atoms with Gasteiger partial charge in [-0.05, 0) is 25.7 Å². The number of amides is 1. The van der Waals surface area contributed by atoms with Gasteiger partial charge in [0.2, 0.25) is 0 Å². The van der Waals surface area contributed by atoms with Crippen molar-refractivity contribution < 1.29 is 17.9 Å². The van der Waals surface area contributed by atoms with Crippen LogP contribution in [0.25, 0.3) is 0 Å². The molecule has 6 nitrogen and oxygen atoms in total. The van der Waals surface area contributed by atoms with Crippen molar-refractivity contribution in [2.45, 2.75) is 19.8 Å². The Morgan fingerprint density at radius 1 is 1.47 bits per heavy atom. The molecule has 0 saturated carbocycles. The van der Waals surface area contributed by atoms with Gasteiger partial charge in [-0.15, -0.1) is 11.6 Å². The average molecular weight is 285 g/mol. The van der Waals surface area contributed by atoms with Crippen molar-refractivity contribution in [1.29, 1.82) is 0 Å². The molecule has 0 aromatic heterocycles. The second kappa shape index (κ2) is 6.42. The van der Waals surface area contributed by atoms with Gasteiger partial charge >= 0.3 is 16.3 Å². The number of carbonyl (C=O) groups excluding carboxylic acids is 1. The van der Waals surface area contributed by atoms with Crippen LogP contribution in [0.4, 0.5) is 4.79 Å². The van der Waals surface area contributed by atoms with E-state index in [1.165, 1.54) is 4.31 Å². The number of rotatable bonds is 4. The van der Waals surface area contributed by atoms with Gasteiger partial charge < -0.3 is 4.74 Å². The largest absolute Gasteiger partial charge is 0.449 e. The topological polar surface area (TPSA) is 75.7 Å². The molecule has 1 heterocycles. The fraction of sp³-hybridized carbons (Fsp3) is 0.889. The van der Waals surface area contributed by atoms with Crippen molar-refractivity contribution in [2.75, 3.05) is 25.6 Å². The molecule has 0 bridgehead atoms. The van der Waals surface area contributed by atoms with Crippen LogP contribution in [-0.2, 0) is 14.9 Å². The number of hydrogen-bond acceptors (Lipinski definition) is 4. The number of nitrogens with one attached hydrogen (secondary N) is 1. The highest BCUT2D eigenvalue weighted by Crippen LogP contribution is 2.19. The van der Waals surface area contributed by atoms with E-state index in [1.54, 1.807) is 6.92 Å². The molecule has 1 aliphatic rings. The van der Waals surface area contributed by atoms with Crippen molar-refractivity contribution in [1.82, 2.24) is 9.03 Å². The van der Waals surface area contributed by atoms with Gasteiger partial charge in [-0.2, -0.15) is 12.7 Å². The summed E-state index contributed by atoms with van der Waals surface area (Å²) in [4.78, 5) is 11.1. The van der Waals surface area contributed by atoms with Gasteiger partial charge in [0.05, 0.1) is 6.61 Å². The molecule has 1 rings (SSSR count). The molecule has 8 heteroatoms. The minimum Gasteiger partial charge on any atom is -0.449 e. The zero-order valence-electron chi connectivity index (χ0n) is 9.69. The molecule has 0 spiro atoms. The van der Waals surface area contributed by atoms with Crippen molar-refractivity contribution in [3.8, 4) is 0 Å². The lowest BCUT2D eigenvalue weighted by Crippen LogP contribution is -2.47. The van der Waals surface area contributed by atoms with Crippen LogP contribution in [0.3, 0.4) is 0 Å². The van der Waals surface area contributed by atoms with Crippen LogP contribution < -0.4 is 4.72 Å². The van der Waals surface area contributed by atoms with Crippen LogP contribution in [0.1, 0.15) is 19.8 Å². The third kappa shape index (κ3) is 4.33. The first-order valence-electron chi connectivity index (χ1n) is 5.50. The van der Waals surface area contributed by atoms with E-state index in [-0.39, 0.29) is 6.61 Å². The molecule has 0 aromatic carbocycles. The van der Waals surface area contributed by atoms with Crippen LogP contribution in [0.5, 0.6) is 0 Å². The van der Waals surface area contributed by atoms with Crippen molar-refractivity contribution in [3.63, 3.8) is 0 Å². The third-order valence-corrected chi connectivity index (χ3v) is 4.53. The number of nitrogens with zero attached hydrogens (tertiary/aromatic N) is 1. The molecular weight excluding hydrogens is 268 g/mol. The maximum absolute atomic E-state index is 11.7. The van der Waals surface area contributed by atoms with Crippen molar-refractivity contribution >= 4 is 27.9 Å². The summed E-state index contributed by atoms with van der Waals surface area (Å²) in [5.41, 5.74) is 0. The monoisotopic (exact) mass is 284 g/mol. The Hall–Kier alpha value is -0.530. The fourth-order valence-electron chi connectivity index (χ4n) is 1.63. The van der Waals surface area contributed by atoms with Gasteiger partial charge in [0.25, 0.3) is 0 Å².